The predicted molar refractivity (Wildman–Crippen MR) is 88.4 cm³/mol. The van der Waals surface area contributed by atoms with Crippen LogP contribution in [0.4, 0.5) is 5.69 Å². The van der Waals surface area contributed by atoms with Crippen molar-refractivity contribution < 1.29 is 14.6 Å². The maximum Gasteiger partial charge on any atom is 0.119 e. The number of aliphatic hydroxyl groups is 1. The lowest BCUT2D eigenvalue weighted by molar-refractivity contribution is 0.146. The number of methoxy groups -OCH3 is 1. The molecule has 0 unspecified atom stereocenters. The van der Waals surface area contributed by atoms with E-state index in [9.17, 15) is 0 Å². The molecule has 0 bridgehead atoms. The van der Waals surface area contributed by atoms with Gasteiger partial charge in [0.1, 0.15) is 12.4 Å². The van der Waals surface area contributed by atoms with Gasteiger partial charge in [0.2, 0.25) is 0 Å². The van der Waals surface area contributed by atoms with Crippen LogP contribution in [0.5, 0.6) is 5.75 Å². The monoisotopic (exact) mass is 301 g/mol. The first kappa shape index (κ1) is 16.3. The predicted octanol–water partition coefficient (Wildman–Crippen LogP) is 2.86. The van der Waals surface area contributed by atoms with Crippen molar-refractivity contribution in [2.75, 3.05) is 32.2 Å². The van der Waals surface area contributed by atoms with Crippen molar-refractivity contribution in [2.45, 2.75) is 13.0 Å². The number of nitrogens with one attached hydrogen (secondary N) is 1. The number of anilines is 1. The number of aliphatic hydroxyl groups excluding tert-OH is 1. The molecule has 0 fully saturated rings. The maximum absolute atomic E-state index is 8.91. The van der Waals surface area contributed by atoms with Crippen LogP contribution >= 0.6 is 0 Å². The van der Waals surface area contributed by atoms with E-state index >= 15 is 0 Å². The lowest BCUT2D eigenvalue weighted by Crippen LogP contribution is -2.05. The van der Waals surface area contributed by atoms with Crippen molar-refractivity contribution >= 4 is 5.69 Å². The summed E-state index contributed by atoms with van der Waals surface area (Å²) in [5, 5.41) is 12.3. The Morgan fingerprint density at radius 2 is 1.82 bits per heavy atom. The average molecular weight is 301 g/mol. The first-order chi connectivity index (χ1) is 10.8. The second-order valence-corrected chi connectivity index (χ2v) is 5.01. The van der Waals surface area contributed by atoms with Gasteiger partial charge in [-0.25, -0.2) is 0 Å². The van der Waals surface area contributed by atoms with Gasteiger partial charge in [-0.3, -0.25) is 0 Å². The molecule has 0 spiro atoms. The summed E-state index contributed by atoms with van der Waals surface area (Å²) in [5.41, 5.74) is 3.36. The van der Waals surface area contributed by atoms with Crippen LogP contribution in [0.3, 0.4) is 0 Å². The van der Waals surface area contributed by atoms with Crippen LogP contribution in [-0.4, -0.2) is 32.0 Å². The third-order valence-corrected chi connectivity index (χ3v) is 3.31. The number of hydrogen-bond donors (Lipinski definition) is 2. The summed E-state index contributed by atoms with van der Waals surface area (Å²) in [7, 11) is 1.66. The van der Waals surface area contributed by atoms with Gasteiger partial charge in [-0.05, 0) is 41.8 Å². The lowest BCUT2D eigenvalue weighted by atomic mass is 10.1. The van der Waals surface area contributed by atoms with E-state index in [1.54, 1.807) is 7.11 Å². The Kier molecular flexibility index (Phi) is 6.74. The molecule has 0 saturated heterocycles. The molecular formula is C18H23NO3. The third-order valence-electron chi connectivity index (χ3n) is 3.31. The molecule has 0 saturated carbocycles. The van der Waals surface area contributed by atoms with E-state index in [1.165, 1.54) is 0 Å². The highest BCUT2D eigenvalue weighted by atomic mass is 16.5. The van der Waals surface area contributed by atoms with Crippen LogP contribution in [-0.2, 0) is 17.7 Å². The van der Waals surface area contributed by atoms with E-state index in [-0.39, 0.29) is 6.61 Å². The van der Waals surface area contributed by atoms with Crippen LogP contribution in [0.2, 0.25) is 0 Å². The molecule has 0 aliphatic heterocycles. The maximum atomic E-state index is 8.91. The summed E-state index contributed by atoms with van der Waals surface area (Å²) in [6.45, 7) is 2.06. The Morgan fingerprint density at radius 3 is 2.55 bits per heavy atom. The van der Waals surface area contributed by atoms with Gasteiger partial charge in [-0.15, -0.1) is 0 Å². The molecule has 22 heavy (non-hydrogen) atoms. The van der Waals surface area contributed by atoms with Crippen LogP contribution in [0.25, 0.3) is 0 Å². The van der Waals surface area contributed by atoms with Crippen molar-refractivity contribution in [3.8, 4) is 5.75 Å². The minimum Gasteiger partial charge on any atom is -0.491 e. The zero-order chi connectivity index (χ0) is 15.6. The van der Waals surface area contributed by atoms with Crippen LogP contribution in [0, 0.1) is 0 Å². The molecule has 0 amide bonds. The van der Waals surface area contributed by atoms with Gasteiger partial charge in [-0.2, -0.15) is 0 Å². The van der Waals surface area contributed by atoms with Crippen LogP contribution in [0.1, 0.15) is 11.1 Å². The SMILES string of the molecule is COCCOc1cccc(CNc2ccc(CCO)cc2)c1. The average Bonchev–Trinajstić information content (AvgIpc) is 2.55. The summed E-state index contributed by atoms with van der Waals surface area (Å²) in [5.74, 6) is 0.856. The van der Waals surface area contributed by atoms with Gasteiger partial charge in [0, 0.05) is 25.9 Å². The molecule has 0 atom stereocenters. The van der Waals surface area contributed by atoms with Crippen molar-refractivity contribution in [3.63, 3.8) is 0 Å². The molecular weight excluding hydrogens is 278 g/mol. The highest BCUT2D eigenvalue weighted by molar-refractivity contribution is 5.45. The molecule has 2 N–H and O–H groups in total. The van der Waals surface area contributed by atoms with Gasteiger partial charge < -0.3 is 19.9 Å². The normalized spacial score (nSPS) is 10.5. The van der Waals surface area contributed by atoms with E-state index in [0.29, 0.717) is 19.6 Å². The van der Waals surface area contributed by atoms with Crippen molar-refractivity contribution in [1.29, 1.82) is 0 Å². The summed E-state index contributed by atoms with van der Waals surface area (Å²) < 4.78 is 10.6. The summed E-state index contributed by atoms with van der Waals surface area (Å²) >= 11 is 0. The van der Waals surface area contributed by atoms with Gasteiger partial charge in [0.25, 0.3) is 0 Å². The third kappa shape index (κ3) is 5.39. The lowest BCUT2D eigenvalue weighted by Gasteiger charge is -2.10. The first-order valence-electron chi connectivity index (χ1n) is 7.46. The van der Waals surface area contributed by atoms with E-state index in [2.05, 4.69) is 11.4 Å². The zero-order valence-electron chi connectivity index (χ0n) is 12.9. The fourth-order valence-electron chi connectivity index (χ4n) is 2.11. The molecule has 4 nitrogen and oxygen atoms in total. The largest absolute Gasteiger partial charge is 0.491 e. The molecule has 0 aliphatic rings. The van der Waals surface area contributed by atoms with Crippen LogP contribution in [0.15, 0.2) is 48.5 Å². The molecule has 0 aliphatic carbocycles. The standard InChI is InChI=1S/C18H23NO3/c1-21-11-12-22-18-4-2-3-16(13-18)14-19-17-7-5-15(6-8-17)9-10-20/h2-8,13,19-20H,9-12,14H2,1H3. The van der Waals surface area contributed by atoms with E-state index in [4.69, 9.17) is 14.6 Å². The Bertz CT molecular complexity index is 555. The summed E-state index contributed by atoms with van der Waals surface area (Å²) in [6, 6.07) is 16.2. The van der Waals surface area contributed by atoms with E-state index in [1.807, 2.05) is 42.5 Å². The number of rotatable bonds is 9. The molecule has 2 aromatic carbocycles. The Morgan fingerprint density at radius 1 is 1.00 bits per heavy atom. The van der Waals surface area contributed by atoms with Crippen molar-refractivity contribution in [2.24, 2.45) is 0 Å². The minimum atomic E-state index is 0.183. The minimum absolute atomic E-state index is 0.183. The molecule has 0 heterocycles. The summed E-state index contributed by atoms with van der Waals surface area (Å²) in [4.78, 5) is 0. The molecule has 2 rings (SSSR count). The van der Waals surface area contributed by atoms with E-state index in [0.717, 1.165) is 29.1 Å². The second kappa shape index (κ2) is 9.07. The van der Waals surface area contributed by atoms with E-state index < -0.39 is 0 Å². The number of benzene rings is 2. The fourth-order valence-corrected chi connectivity index (χ4v) is 2.11. The highest BCUT2D eigenvalue weighted by Crippen LogP contribution is 2.16. The Balaban J connectivity index is 1.86. The number of ether oxygens (including phenoxy) is 2. The van der Waals surface area contributed by atoms with Gasteiger partial charge in [-0.1, -0.05) is 24.3 Å². The second-order valence-electron chi connectivity index (χ2n) is 5.01. The molecule has 2 aromatic rings. The zero-order valence-corrected chi connectivity index (χ0v) is 12.9. The quantitative estimate of drug-likeness (QED) is 0.699. The molecule has 0 radical (unpaired) electrons. The van der Waals surface area contributed by atoms with Gasteiger partial charge in [0.15, 0.2) is 0 Å². The molecule has 0 aromatic heterocycles. The molecule has 4 heteroatoms. The first-order valence-corrected chi connectivity index (χ1v) is 7.46. The van der Waals surface area contributed by atoms with Gasteiger partial charge >= 0.3 is 0 Å². The Hall–Kier alpha value is -2.04. The van der Waals surface area contributed by atoms with Gasteiger partial charge in [0.05, 0.1) is 6.61 Å². The highest BCUT2D eigenvalue weighted by Gasteiger charge is 1.99. The smallest absolute Gasteiger partial charge is 0.119 e. The van der Waals surface area contributed by atoms with Crippen molar-refractivity contribution in [3.05, 3.63) is 59.7 Å². The Labute approximate surface area is 131 Å². The summed E-state index contributed by atoms with van der Waals surface area (Å²) in [6.07, 6.45) is 0.696. The molecule has 118 valence electrons. The van der Waals surface area contributed by atoms with Crippen LogP contribution < -0.4 is 10.1 Å². The number of hydrogen-bond acceptors (Lipinski definition) is 4. The van der Waals surface area contributed by atoms with Crippen molar-refractivity contribution in [1.82, 2.24) is 0 Å². The topological polar surface area (TPSA) is 50.7 Å². The fraction of sp³-hybridized carbons (Fsp3) is 0.333.